The Bertz CT molecular complexity index is 1670. The van der Waals surface area contributed by atoms with Crippen LogP contribution in [0.4, 0.5) is 0 Å². The summed E-state index contributed by atoms with van der Waals surface area (Å²) in [5.74, 6) is 1.12. The van der Waals surface area contributed by atoms with E-state index < -0.39 is 5.91 Å². The van der Waals surface area contributed by atoms with Crippen LogP contribution in [-0.2, 0) is 11.3 Å². The highest BCUT2D eigenvalue weighted by atomic mass is 32.2. The first-order chi connectivity index (χ1) is 19.1. The third-order valence-electron chi connectivity index (χ3n) is 6.40. The van der Waals surface area contributed by atoms with Gasteiger partial charge >= 0.3 is 0 Å². The van der Waals surface area contributed by atoms with Crippen molar-refractivity contribution in [2.45, 2.75) is 13.5 Å². The lowest BCUT2D eigenvalue weighted by Crippen LogP contribution is -2.35. The molecule has 0 unspecified atom stereocenters. The van der Waals surface area contributed by atoms with Crippen molar-refractivity contribution in [1.82, 2.24) is 9.58 Å². The van der Waals surface area contributed by atoms with Crippen LogP contribution in [0.2, 0.25) is 0 Å². The maximum atomic E-state index is 13.0. The first-order valence-corrected chi connectivity index (χ1v) is 13.3. The monoisotopic (exact) mass is 535 g/mol. The van der Waals surface area contributed by atoms with Crippen molar-refractivity contribution in [3.05, 3.63) is 102 Å². The zero-order valence-electron chi connectivity index (χ0n) is 21.2. The van der Waals surface area contributed by atoms with E-state index in [1.807, 2.05) is 92.0 Å². The molecule has 2 aliphatic heterocycles. The molecule has 4 aromatic rings. The smallest absolute Gasteiger partial charge is 0.283 e. The number of rotatable bonds is 8. The number of nitrogens with one attached hydrogen (secondary N) is 1. The predicted molar refractivity (Wildman–Crippen MR) is 156 cm³/mol. The van der Waals surface area contributed by atoms with Gasteiger partial charge in [0, 0.05) is 22.7 Å². The van der Waals surface area contributed by atoms with E-state index in [1.54, 1.807) is 6.08 Å². The average molecular weight is 536 g/mol. The Morgan fingerprint density at radius 2 is 1.74 bits per heavy atom. The molecular weight excluding hydrogens is 510 g/mol. The van der Waals surface area contributed by atoms with E-state index in [9.17, 15) is 4.79 Å². The van der Waals surface area contributed by atoms with Gasteiger partial charge in [0.25, 0.3) is 5.91 Å². The molecule has 0 spiro atoms. The van der Waals surface area contributed by atoms with Crippen LogP contribution in [0.5, 0.6) is 11.5 Å². The van der Waals surface area contributed by atoms with Crippen molar-refractivity contribution in [3.63, 3.8) is 0 Å². The number of aliphatic imine (C=N–C) groups is 1. The summed E-state index contributed by atoms with van der Waals surface area (Å²) in [6, 6.07) is 25.4. The van der Waals surface area contributed by atoms with Crippen molar-refractivity contribution >= 4 is 50.7 Å². The Morgan fingerprint density at radius 1 is 0.974 bits per heavy atom. The Morgan fingerprint density at radius 3 is 2.59 bits per heavy atom. The predicted octanol–water partition coefficient (Wildman–Crippen LogP) is 5.73. The molecule has 1 amide bonds. The van der Waals surface area contributed by atoms with Gasteiger partial charge in [0.2, 0.25) is 5.17 Å². The third-order valence-corrected chi connectivity index (χ3v) is 7.29. The molecule has 9 heteroatoms. The second-order valence-corrected chi connectivity index (χ2v) is 10.1. The van der Waals surface area contributed by atoms with Crippen molar-refractivity contribution in [2.24, 2.45) is 10.1 Å². The summed E-state index contributed by atoms with van der Waals surface area (Å²) < 4.78 is 13.9. The summed E-state index contributed by atoms with van der Waals surface area (Å²) in [6.07, 6.45) is 3.71. The number of hydrogen-bond donors (Lipinski definition) is 1. The van der Waals surface area contributed by atoms with E-state index >= 15 is 0 Å². The molecular formula is C30H25N5O3S. The standard InChI is InChI=1S/C30H25N5O3S/c1-20-9-5-8-14-26(20)38-19-27-33-35-28(31)24(29(36)32-30(35)39-27)17-21-18-34(25-13-7-6-12-23(21)25)15-16-37-22-10-3-2-4-11-22/h2-14,17-18,31H,15-16,19H2,1H3/b24-17-,31-28?. The topological polar surface area (TPSA) is 92.3 Å². The Balaban J connectivity index is 1.22. The number of fused-ring (bicyclic) bond motifs is 2. The summed E-state index contributed by atoms with van der Waals surface area (Å²) in [7, 11) is 0. The summed E-state index contributed by atoms with van der Waals surface area (Å²) in [4.78, 5) is 17.2. The molecule has 0 fully saturated rings. The Labute approximate surface area is 229 Å². The first-order valence-electron chi connectivity index (χ1n) is 12.5. The van der Waals surface area contributed by atoms with Gasteiger partial charge in [0.1, 0.15) is 29.8 Å². The highest BCUT2D eigenvalue weighted by Crippen LogP contribution is 2.31. The maximum absolute atomic E-state index is 13.0. The molecule has 0 bridgehead atoms. The Kier molecular flexibility index (Phi) is 6.73. The molecule has 3 heterocycles. The molecule has 194 valence electrons. The number of carbonyl (C=O) groups excluding carboxylic acids is 1. The van der Waals surface area contributed by atoms with Crippen LogP contribution in [0, 0.1) is 12.3 Å². The molecule has 39 heavy (non-hydrogen) atoms. The summed E-state index contributed by atoms with van der Waals surface area (Å²) in [6.45, 7) is 3.33. The van der Waals surface area contributed by atoms with Crippen molar-refractivity contribution in [3.8, 4) is 11.5 Å². The molecule has 0 aliphatic carbocycles. The van der Waals surface area contributed by atoms with Gasteiger partial charge < -0.3 is 14.0 Å². The molecule has 8 nitrogen and oxygen atoms in total. The number of thioether (sulfide) groups is 1. The minimum absolute atomic E-state index is 0.00682. The van der Waals surface area contributed by atoms with Gasteiger partial charge in [-0.25, -0.2) is 0 Å². The summed E-state index contributed by atoms with van der Waals surface area (Å²) >= 11 is 1.24. The fraction of sp³-hybridized carbons (Fsp3) is 0.133. The zero-order valence-corrected chi connectivity index (χ0v) is 22.0. The SMILES string of the molecule is Cc1ccccc1OCC1=NN2C(=N)/C(=C/c3cn(CCOc4ccccc4)c4ccccc34)C(=O)N=C2S1. The van der Waals surface area contributed by atoms with Gasteiger partial charge in [-0.05, 0) is 54.6 Å². The van der Waals surface area contributed by atoms with Crippen LogP contribution < -0.4 is 9.47 Å². The van der Waals surface area contributed by atoms with E-state index in [-0.39, 0.29) is 18.0 Å². The number of para-hydroxylation sites is 3. The molecule has 1 N–H and O–H groups in total. The molecule has 0 saturated carbocycles. The van der Waals surface area contributed by atoms with E-state index in [0.717, 1.165) is 33.5 Å². The number of nitrogens with zero attached hydrogens (tertiary/aromatic N) is 4. The average Bonchev–Trinajstić information content (AvgIpc) is 3.52. The van der Waals surface area contributed by atoms with Gasteiger partial charge in [-0.2, -0.15) is 15.1 Å². The number of amides is 1. The van der Waals surface area contributed by atoms with Gasteiger partial charge in [-0.1, -0.05) is 54.6 Å². The molecule has 6 rings (SSSR count). The fourth-order valence-corrected chi connectivity index (χ4v) is 5.26. The van der Waals surface area contributed by atoms with Gasteiger partial charge in [0.05, 0.1) is 12.1 Å². The van der Waals surface area contributed by atoms with E-state index in [4.69, 9.17) is 14.9 Å². The highest BCUT2D eigenvalue weighted by Gasteiger charge is 2.36. The number of benzene rings is 3. The summed E-state index contributed by atoms with van der Waals surface area (Å²) in [5, 5.41) is 16.7. The Hall–Kier alpha value is -4.63. The molecule has 0 radical (unpaired) electrons. The van der Waals surface area contributed by atoms with E-state index in [1.165, 1.54) is 16.8 Å². The molecule has 0 atom stereocenters. The fourth-order valence-electron chi connectivity index (χ4n) is 4.46. The van der Waals surface area contributed by atoms with E-state index in [0.29, 0.717) is 23.4 Å². The normalized spacial score (nSPS) is 15.9. The van der Waals surface area contributed by atoms with Crippen LogP contribution in [0.15, 0.2) is 101 Å². The van der Waals surface area contributed by atoms with Gasteiger partial charge in [-0.3, -0.25) is 10.2 Å². The van der Waals surface area contributed by atoms with Gasteiger partial charge in [0.15, 0.2) is 5.84 Å². The molecule has 3 aromatic carbocycles. The van der Waals surface area contributed by atoms with Crippen LogP contribution in [0.25, 0.3) is 17.0 Å². The van der Waals surface area contributed by atoms with Crippen LogP contribution >= 0.6 is 11.8 Å². The van der Waals surface area contributed by atoms with Crippen molar-refractivity contribution in [1.29, 1.82) is 5.41 Å². The zero-order chi connectivity index (χ0) is 26.8. The highest BCUT2D eigenvalue weighted by molar-refractivity contribution is 8.27. The molecule has 2 aliphatic rings. The summed E-state index contributed by atoms with van der Waals surface area (Å²) in [5.41, 5.74) is 3.06. The van der Waals surface area contributed by atoms with Crippen LogP contribution in [0.3, 0.4) is 0 Å². The number of aryl methyl sites for hydroxylation is 1. The first kappa shape index (κ1) is 24.7. The van der Waals surface area contributed by atoms with E-state index in [2.05, 4.69) is 14.7 Å². The minimum Gasteiger partial charge on any atom is -0.492 e. The van der Waals surface area contributed by atoms with Crippen molar-refractivity contribution in [2.75, 3.05) is 13.2 Å². The molecule has 0 saturated heterocycles. The number of carbonyl (C=O) groups is 1. The number of amidine groups is 2. The second kappa shape index (κ2) is 10.6. The number of hydrogen-bond acceptors (Lipinski definition) is 6. The molecule has 1 aromatic heterocycles. The second-order valence-electron chi connectivity index (χ2n) is 9.02. The third kappa shape index (κ3) is 5.08. The number of hydrazone groups is 1. The number of aromatic nitrogens is 1. The van der Waals surface area contributed by atoms with Gasteiger partial charge in [-0.15, -0.1) is 0 Å². The van der Waals surface area contributed by atoms with Crippen molar-refractivity contribution < 1.29 is 14.3 Å². The lowest BCUT2D eigenvalue weighted by molar-refractivity contribution is -0.114. The van der Waals surface area contributed by atoms with Crippen LogP contribution in [0.1, 0.15) is 11.1 Å². The van der Waals surface area contributed by atoms with Crippen LogP contribution in [-0.4, -0.2) is 44.7 Å². The minimum atomic E-state index is -0.459. The number of ether oxygens (including phenoxy) is 2. The largest absolute Gasteiger partial charge is 0.492 e. The quantitative estimate of drug-likeness (QED) is 0.291. The lowest BCUT2D eigenvalue weighted by Gasteiger charge is -2.20. The lowest BCUT2D eigenvalue weighted by atomic mass is 10.1. The maximum Gasteiger partial charge on any atom is 0.283 e.